The maximum atomic E-state index is 13.3. The molecule has 0 aromatic heterocycles. The maximum Gasteiger partial charge on any atom is 0.230 e. The molecule has 1 aliphatic rings. The molecule has 3 N–H and O–H groups in total. The Morgan fingerprint density at radius 3 is 2.79 bits per heavy atom. The highest BCUT2D eigenvalue weighted by molar-refractivity contribution is 5.89. The van der Waals surface area contributed by atoms with E-state index in [9.17, 15) is 9.18 Å². The topological polar surface area (TPSA) is 55.1 Å². The summed E-state index contributed by atoms with van der Waals surface area (Å²) >= 11 is 0. The van der Waals surface area contributed by atoms with Gasteiger partial charge < -0.3 is 11.1 Å². The molecule has 1 aromatic carbocycles. The summed E-state index contributed by atoms with van der Waals surface area (Å²) in [4.78, 5) is 12.4. The van der Waals surface area contributed by atoms with E-state index in [0.717, 1.165) is 24.8 Å². The summed E-state index contributed by atoms with van der Waals surface area (Å²) in [5.74, 6) is -0.0230. The fourth-order valence-electron chi connectivity index (χ4n) is 2.48. The summed E-state index contributed by atoms with van der Waals surface area (Å²) in [6, 6.07) is 6.39. The van der Waals surface area contributed by atoms with E-state index in [-0.39, 0.29) is 17.6 Å². The van der Waals surface area contributed by atoms with Gasteiger partial charge in [0.15, 0.2) is 0 Å². The molecule has 1 saturated carbocycles. The molecular weight excluding hydrogens is 243 g/mol. The molecule has 0 aliphatic heterocycles. The molecule has 1 unspecified atom stereocenters. The van der Waals surface area contributed by atoms with Crippen molar-refractivity contribution in [2.45, 2.75) is 31.6 Å². The molecule has 0 spiro atoms. The highest BCUT2D eigenvalue weighted by Gasteiger charge is 2.45. The third-order valence-corrected chi connectivity index (χ3v) is 4.03. The van der Waals surface area contributed by atoms with E-state index in [2.05, 4.69) is 5.32 Å². The van der Waals surface area contributed by atoms with Crippen LogP contribution in [-0.2, 0) is 10.2 Å². The van der Waals surface area contributed by atoms with Crippen LogP contribution in [0.25, 0.3) is 0 Å². The highest BCUT2D eigenvalue weighted by atomic mass is 19.1. The predicted octanol–water partition coefficient (Wildman–Crippen LogP) is 1.96. The molecular formula is C15H21FN2O. The standard InChI is InChI=1S/C15H21FN2O/c1-11(9-17)10-18-14(19)15(6-3-7-15)12-4-2-5-13(16)8-12/h2,4-5,8,11H,3,6-7,9-10,17H2,1H3,(H,18,19). The Labute approximate surface area is 113 Å². The summed E-state index contributed by atoms with van der Waals surface area (Å²) in [6.45, 7) is 3.12. The number of hydrogen-bond acceptors (Lipinski definition) is 2. The van der Waals surface area contributed by atoms with Gasteiger partial charge in [-0.25, -0.2) is 4.39 Å². The Balaban J connectivity index is 2.12. The molecule has 104 valence electrons. The van der Waals surface area contributed by atoms with Gasteiger partial charge in [-0.2, -0.15) is 0 Å². The van der Waals surface area contributed by atoms with E-state index in [1.165, 1.54) is 12.1 Å². The summed E-state index contributed by atoms with van der Waals surface area (Å²) in [6.07, 6.45) is 2.59. The number of halogens is 1. The van der Waals surface area contributed by atoms with Crippen molar-refractivity contribution in [3.63, 3.8) is 0 Å². The number of rotatable bonds is 5. The molecule has 2 rings (SSSR count). The lowest BCUT2D eigenvalue weighted by Gasteiger charge is -2.41. The second-order valence-corrected chi connectivity index (χ2v) is 5.50. The van der Waals surface area contributed by atoms with Crippen LogP contribution in [-0.4, -0.2) is 19.0 Å². The van der Waals surface area contributed by atoms with Crippen LogP contribution in [0.15, 0.2) is 24.3 Å². The Hall–Kier alpha value is -1.42. The average molecular weight is 264 g/mol. The number of carbonyl (C=O) groups is 1. The number of amides is 1. The van der Waals surface area contributed by atoms with Crippen molar-refractivity contribution in [3.05, 3.63) is 35.6 Å². The minimum absolute atomic E-state index is 0.00431. The largest absolute Gasteiger partial charge is 0.355 e. The molecule has 1 amide bonds. The number of nitrogens with one attached hydrogen (secondary N) is 1. The molecule has 1 aromatic rings. The van der Waals surface area contributed by atoms with Crippen LogP contribution in [0.1, 0.15) is 31.7 Å². The molecule has 0 saturated heterocycles. The number of hydrogen-bond donors (Lipinski definition) is 2. The first kappa shape index (κ1) is 14.0. The Bertz CT molecular complexity index is 457. The van der Waals surface area contributed by atoms with E-state index < -0.39 is 5.41 Å². The fourth-order valence-corrected chi connectivity index (χ4v) is 2.48. The van der Waals surface area contributed by atoms with E-state index >= 15 is 0 Å². The third-order valence-electron chi connectivity index (χ3n) is 4.03. The SMILES string of the molecule is CC(CN)CNC(=O)C1(c2cccc(F)c2)CCC1. The normalized spacial score (nSPS) is 18.5. The first-order valence-electron chi connectivity index (χ1n) is 6.83. The Morgan fingerprint density at radius 2 is 2.26 bits per heavy atom. The van der Waals surface area contributed by atoms with E-state index in [0.29, 0.717) is 13.1 Å². The zero-order chi connectivity index (χ0) is 13.9. The fraction of sp³-hybridized carbons (Fsp3) is 0.533. The predicted molar refractivity (Wildman–Crippen MR) is 73.2 cm³/mol. The summed E-state index contributed by atoms with van der Waals surface area (Å²) in [5, 5.41) is 2.95. The maximum absolute atomic E-state index is 13.3. The Morgan fingerprint density at radius 1 is 1.53 bits per heavy atom. The average Bonchev–Trinajstić information content (AvgIpc) is 2.34. The van der Waals surface area contributed by atoms with Crippen molar-refractivity contribution in [2.24, 2.45) is 11.7 Å². The zero-order valence-corrected chi connectivity index (χ0v) is 11.3. The van der Waals surface area contributed by atoms with Crippen LogP contribution in [0.4, 0.5) is 4.39 Å². The summed E-state index contributed by atoms with van der Waals surface area (Å²) in [7, 11) is 0. The van der Waals surface area contributed by atoms with Gasteiger partial charge in [-0.3, -0.25) is 4.79 Å². The van der Waals surface area contributed by atoms with Gasteiger partial charge in [-0.1, -0.05) is 25.5 Å². The molecule has 1 fully saturated rings. The van der Waals surface area contributed by atoms with Gasteiger partial charge >= 0.3 is 0 Å². The molecule has 0 heterocycles. The smallest absolute Gasteiger partial charge is 0.230 e. The lowest BCUT2D eigenvalue weighted by Crippen LogP contribution is -2.50. The van der Waals surface area contributed by atoms with E-state index in [4.69, 9.17) is 5.73 Å². The molecule has 1 atom stereocenters. The zero-order valence-electron chi connectivity index (χ0n) is 11.3. The van der Waals surface area contributed by atoms with Crippen molar-refractivity contribution in [3.8, 4) is 0 Å². The van der Waals surface area contributed by atoms with Crippen LogP contribution >= 0.6 is 0 Å². The van der Waals surface area contributed by atoms with Gasteiger partial charge in [-0.05, 0) is 43.0 Å². The van der Waals surface area contributed by atoms with Crippen molar-refractivity contribution >= 4 is 5.91 Å². The third kappa shape index (κ3) is 2.78. The van der Waals surface area contributed by atoms with Crippen LogP contribution in [0, 0.1) is 11.7 Å². The molecule has 1 aliphatic carbocycles. The van der Waals surface area contributed by atoms with Gasteiger partial charge in [-0.15, -0.1) is 0 Å². The molecule has 4 heteroatoms. The second kappa shape index (κ2) is 5.70. The first-order chi connectivity index (χ1) is 9.08. The number of carbonyl (C=O) groups excluding carboxylic acids is 1. The van der Waals surface area contributed by atoms with Crippen LogP contribution in [0.5, 0.6) is 0 Å². The number of nitrogens with two attached hydrogens (primary N) is 1. The van der Waals surface area contributed by atoms with Gasteiger partial charge in [0.05, 0.1) is 5.41 Å². The molecule has 0 bridgehead atoms. The van der Waals surface area contributed by atoms with E-state index in [1.54, 1.807) is 6.07 Å². The Kier molecular flexibility index (Phi) is 4.20. The monoisotopic (exact) mass is 264 g/mol. The van der Waals surface area contributed by atoms with Gasteiger partial charge in [0.2, 0.25) is 5.91 Å². The summed E-state index contributed by atoms with van der Waals surface area (Å²) < 4.78 is 13.3. The minimum atomic E-state index is -0.531. The molecule has 0 radical (unpaired) electrons. The van der Waals surface area contributed by atoms with Crippen molar-refractivity contribution < 1.29 is 9.18 Å². The quantitative estimate of drug-likeness (QED) is 0.854. The van der Waals surface area contributed by atoms with Gasteiger partial charge in [0.1, 0.15) is 5.82 Å². The van der Waals surface area contributed by atoms with Crippen LogP contribution < -0.4 is 11.1 Å². The van der Waals surface area contributed by atoms with Crippen LogP contribution in [0.3, 0.4) is 0 Å². The molecule has 19 heavy (non-hydrogen) atoms. The van der Waals surface area contributed by atoms with Gasteiger partial charge in [0.25, 0.3) is 0 Å². The van der Waals surface area contributed by atoms with Gasteiger partial charge in [0, 0.05) is 6.54 Å². The molecule has 3 nitrogen and oxygen atoms in total. The van der Waals surface area contributed by atoms with Crippen molar-refractivity contribution in [1.82, 2.24) is 5.32 Å². The lowest BCUT2D eigenvalue weighted by molar-refractivity contribution is -0.130. The second-order valence-electron chi connectivity index (χ2n) is 5.50. The summed E-state index contributed by atoms with van der Waals surface area (Å²) in [5.41, 5.74) is 5.80. The first-order valence-corrected chi connectivity index (χ1v) is 6.83. The van der Waals surface area contributed by atoms with Crippen molar-refractivity contribution in [1.29, 1.82) is 0 Å². The van der Waals surface area contributed by atoms with Crippen LogP contribution in [0.2, 0.25) is 0 Å². The minimum Gasteiger partial charge on any atom is -0.355 e. The van der Waals surface area contributed by atoms with Crippen molar-refractivity contribution in [2.75, 3.05) is 13.1 Å². The lowest BCUT2D eigenvalue weighted by atomic mass is 9.63. The number of benzene rings is 1. The highest BCUT2D eigenvalue weighted by Crippen LogP contribution is 2.44. The van der Waals surface area contributed by atoms with E-state index in [1.807, 2.05) is 13.0 Å².